The number of amides is 1. The van der Waals surface area contributed by atoms with E-state index in [0.29, 0.717) is 46.9 Å². The van der Waals surface area contributed by atoms with Gasteiger partial charge in [-0.1, -0.05) is 30.0 Å². The molecule has 35 heavy (non-hydrogen) atoms. The number of esters is 1. The summed E-state index contributed by atoms with van der Waals surface area (Å²) in [6, 6.07) is 11.9. The van der Waals surface area contributed by atoms with Crippen LogP contribution in [0.1, 0.15) is 35.3 Å². The van der Waals surface area contributed by atoms with Crippen molar-refractivity contribution in [2.45, 2.75) is 31.1 Å². The van der Waals surface area contributed by atoms with Crippen molar-refractivity contribution in [3.8, 4) is 5.75 Å². The van der Waals surface area contributed by atoms with Gasteiger partial charge in [-0.15, -0.1) is 0 Å². The van der Waals surface area contributed by atoms with Gasteiger partial charge in [-0.3, -0.25) is 14.2 Å². The molecule has 10 heteroatoms. The predicted octanol–water partition coefficient (Wildman–Crippen LogP) is 3.20. The summed E-state index contributed by atoms with van der Waals surface area (Å²) in [5.74, 6) is 0.0159. The summed E-state index contributed by atoms with van der Waals surface area (Å²) in [7, 11) is 4.47. The zero-order valence-electron chi connectivity index (χ0n) is 20.2. The lowest BCUT2D eigenvalue weighted by Crippen LogP contribution is -2.29. The molecule has 0 fully saturated rings. The van der Waals surface area contributed by atoms with Crippen LogP contribution in [0.15, 0.2) is 52.4 Å². The highest BCUT2D eigenvalue weighted by atomic mass is 32.2. The van der Waals surface area contributed by atoms with Crippen LogP contribution in [0.2, 0.25) is 0 Å². The fourth-order valence-corrected chi connectivity index (χ4v) is 4.47. The first-order chi connectivity index (χ1) is 16.9. The van der Waals surface area contributed by atoms with Crippen molar-refractivity contribution in [2.75, 3.05) is 33.7 Å². The lowest BCUT2D eigenvalue weighted by Gasteiger charge is -2.17. The number of para-hydroxylation sites is 1. The lowest BCUT2D eigenvalue weighted by atomic mass is 10.1. The van der Waals surface area contributed by atoms with Gasteiger partial charge in [0.2, 0.25) is 5.91 Å². The molecule has 0 aliphatic heterocycles. The number of carbonyl (C=O) groups excluding carboxylic acids is 2. The number of aromatic nitrogens is 2. The van der Waals surface area contributed by atoms with Crippen LogP contribution < -0.4 is 15.6 Å². The lowest BCUT2D eigenvalue weighted by molar-refractivity contribution is -0.119. The van der Waals surface area contributed by atoms with Gasteiger partial charge in [-0.25, -0.2) is 9.78 Å². The Hall–Kier alpha value is -3.37. The van der Waals surface area contributed by atoms with Crippen molar-refractivity contribution in [3.63, 3.8) is 0 Å². The van der Waals surface area contributed by atoms with E-state index in [-0.39, 0.29) is 23.3 Å². The summed E-state index contributed by atoms with van der Waals surface area (Å²) in [4.78, 5) is 42.5. The average molecular weight is 500 g/mol. The summed E-state index contributed by atoms with van der Waals surface area (Å²) in [6.45, 7) is 2.74. The number of ether oxygens (including phenoxy) is 3. The van der Waals surface area contributed by atoms with Gasteiger partial charge in [-0.05, 0) is 37.6 Å². The average Bonchev–Trinajstić information content (AvgIpc) is 2.88. The van der Waals surface area contributed by atoms with E-state index in [2.05, 4.69) is 10.3 Å². The van der Waals surface area contributed by atoms with Crippen LogP contribution in [-0.4, -0.2) is 55.1 Å². The monoisotopic (exact) mass is 499 g/mol. The van der Waals surface area contributed by atoms with Gasteiger partial charge in [0, 0.05) is 25.8 Å². The zero-order chi connectivity index (χ0) is 25.4. The molecule has 9 nitrogen and oxygen atoms in total. The molecule has 0 saturated carbocycles. The molecule has 186 valence electrons. The number of carbonyl (C=O) groups is 2. The Balaban J connectivity index is 1.84. The van der Waals surface area contributed by atoms with Crippen molar-refractivity contribution >= 4 is 34.5 Å². The smallest absolute Gasteiger partial charge is 0.337 e. The molecule has 0 aliphatic carbocycles. The number of methoxy groups -OCH3 is 3. The molecule has 1 heterocycles. The minimum Gasteiger partial charge on any atom is -0.496 e. The molecule has 0 spiro atoms. The minimum absolute atomic E-state index is 0.0540. The fraction of sp³-hybridized carbons (Fsp3) is 0.360. The number of benzene rings is 2. The first-order valence-electron chi connectivity index (χ1n) is 11.1. The first kappa shape index (κ1) is 26.2. The second-order valence-corrected chi connectivity index (χ2v) is 8.68. The Morgan fingerprint density at radius 2 is 1.91 bits per heavy atom. The van der Waals surface area contributed by atoms with E-state index in [4.69, 9.17) is 14.2 Å². The number of nitrogens with zero attached hydrogens (tertiary/aromatic N) is 2. The normalized spacial score (nSPS) is 11.8. The summed E-state index contributed by atoms with van der Waals surface area (Å²) in [6.07, 6.45) is 0.606. The molecular formula is C25H29N3O6S. The third-order valence-electron chi connectivity index (χ3n) is 5.39. The molecule has 1 N–H and O–H groups in total. The molecular weight excluding hydrogens is 470 g/mol. The Kier molecular flexibility index (Phi) is 9.27. The van der Waals surface area contributed by atoms with Crippen LogP contribution in [-0.2, 0) is 20.8 Å². The van der Waals surface area contributed by atoms with E-state index in [9.17, 15) is 14.4 Å². The van der Waals surface area contributed by atoms with Crippen molar-refractivity contribution in [3.05, 3.63) is 63.9 Å². The van der Waals surface area contributed by atoms with E-state index in [0.717, 1.165) is 17.3 Å². The second-order valence-electron chi connectivity index (χ2n) is 7.74. The third-order valence-corrected chi connectivity index (χ3v) is 6.36. The first-order valence-corrected chi connectivity index (χ1v) is 12.0. The molecule has 0 bridgehead atoms. The molecule has 3 rings (SSSR count). The highest BCUT2D eigenvalue weighted by Crippen LogP contribution is 2.25. The summed E-state index contributed by atoms with van der Waals surface area (Å²) in [5.41, 5.74) is 1.28. The van der Waals surface area contributed by atoms with E-state index in [1.54, 1.807) is 24.9 Å². The quantitative estimate of drug-likeness (QED) is 0.185. The maximum absolute atomic E-state index is 13.2. The van der Waals surface area contributed by atoms with Crippen LogP contribution in [0.25, 0.3) is 10.9 Å². The van der Waals surface area contributed by atoms with Crippen molar-refractivity contribution in [2.24, 2.45) is 0 Å². The predicted molar refractivity (Wildman–Crippen MR) is 134 cm³/mol. The number of nitrogens with one attached hydrogen (secondary N) is 1. The zero-order valence-corrected chi connectivity index (χ0v) is 21.0. The number of rotatable bonds is 11. The molecule has 0 saturated heterocycles. The number of hydrogen-bond acceptors (Lipinski definition) is 8. The molecule has 1 atom stereocenters. The highest BCUT2D eigenvalue weighted by molar-refractivity contribution is 7.99. The van der Waals surface area contributed by atoms with Gasteiger partial charge in [-0.2, -0.15) is 0 Å². The van der Waals surface area contributed by atoms with E-state index in [1.807, 2.05) is 31.2 Å². The molecule has 1 aromatic heterocycles. The maximum Gasteiger partial charge on any atom is 0.337 e. The molecule has 3 aromatic rings. The van der Waals surface area contributed by atoms with Crippen LogP contribution in [0.3, 0.4) is 0 Å². The van der Waals surface area contributed by atoms with Crippen LogP contribution in [0.4, 0.5) is 0 Å². The summed E-state index contributed by atoms with van der Waals surface area (Å²) < 4.78 is 16.8. The Morgan fingerprint density at radius 1 is 1.14 bits per heavy atom. The molecule has 2 aromatic carbocycles. The maximum atomic E-state index is 13.2. The SMILES string of the molecule is COCCCn1c(SCC(=O)NC(C)c2ccccc2OC)nc2cc(C(=O)OC)ccc2c1=O. The number of thioether (sulfide) groups is 1. The Bertz CT molecular complexity index is 1260. The summed E-state index contributed by atoms with van der Waals surface area (Å²) in [5, 5.41) is 3.73. The standard InChI is InChI=1S/C25H29N3O6S/c1-16(18-8-5-6-9-21(18)33-3)26-22(29)15-35-25-27-20-14-17(24(31)34-4)10-11-19(20)23(30)28(25)12-7-13-32-2/h5-6,8-11,14,16H,7,12-13,15H2,1-4H3,(H,26,29). The van der Waals surface area contributed by atoms with Crippen molar-refractivity contribution in [1.82, 2.24) is 14.9 Å². The highest BCUT2D eigenvalue weighted by Gasteiger charge is 2.17. The van der Waals surface area contributed by atoms with E-state index in [1.165, 1.54) is 19.2 Å². The third kappa shape index (κ3) is 6.40. The Labute approximate surface area is 207 Å². The van der Waals surface area contributed by atoms with Crippen LogP contribution in [0, 0.1) is 0 Å². The number of fused-ring (bicyclic) bond motifs is 1. The number of hydrogen-bond donors (Lipinski definition) is 1. The van der Waals surface area contributed by atoms with Gasteiger partial charge >= 0.3 is 5.97 Å². The minimum atomic E-state index is -0.517. The van der Waals surface area contributed by atoms with Gasteiger partial charge in [0.1, 0.15) is 5.75 Å². The van der Waals surface area contributed by atoms with Gasteiger partial charge in [0.05, 0.1) is 42.5 Å². The molecule has 0 radical (unpaired) electrons. The van der Waals surface area contributed by atoms with E-state index >= 15 is 0 Å². The van der Waals surface area contributed by atoms with Gasteiger partial charge in [0.25, 0.3) is 5.56 Å². The molecule has 1 amide bonds. The van der Waals surface area contributed by atoms with Crippen molar-refractivity contribution < 1.29 is 23.8 Å². The van der Waals surface area contributed by atoms with Gasteiger partial charge < -0.3 is 19.5 Å². The summed E-state index contributed by atoms with van der Waals surface area (Å²) >= 11 is 1.16. The van der Waals surface area contributed by atoms with Gasteiger partial charge in [0.15, 0.2) is 5.16 Å². The fourth-order valence-electron chi connectivity index (χ4n) is 3.64. The van der Waals surface area contributed by atoms with Crippen molar-refractivity contribution in [1.29, 1.82) is 0 Å². The Morgan fingerprint density at radius 3 is 2.63 bits per heavy atom. The molecule has 0 aliphatic rings. The second kappa shape index (κ2) is 12.4. The largest absolute Gasteiger partial charge is 0.496 e. The van der Waals surface area contributed by atoms with Crippen LogP contribution in [0.5, 0.6) is 5.75 Å². The van der Waals surface area contributed by atoms with E-state index < -0.39 is 5.97 Å². The van der Waals surface area contributed by atoms with Crippen LogP contribution >= 0.6 is 11.8 Å². The topological polar surface area (TPSA) is 109 Å². The molecule has 1 unspecified atom stereocenters.